The molecule has 23 heavy (non-hydrogen) atoms. The molecule has 0 spiro atoms. The Bertz CT molecular complexity index is 767. The van der Waals surface area contributed by atoms with Crippen LogP contribution < -0.4 is 14.4 Å². The van der Waals surface area contributed by atoms with Gasteiger partial charge in [0.2, 0.25) is 5.89 Å². The predicted octanol–water partition coefficient (Wildman–Crippen LogP) is 2.98. The molecular weight excluding hydrogens is 298 g/mol. The standard InChI is InChI=1S/C16H17N3O4/c1-19(11-6-7-12(20-2)14(9-11)21-3)10-15-17-18-16(23-15)13-5-4-8-22-13/h4-9H,10H2,1-3H3. The summed E-state index contributed by atoms with van der Waals surface area (Å²) >= 11 is 0. The molecule has 0 fully saturated rings. The van der Waals surface area contributed by atoms with E-state index in [4.69, 9.17) is 18.3 Å². The predicted molar refractivity (Wildman–Crippen MR) is 83.7 cm³/mol. The fraction of sp³-hybridized carbons (Fsp3) is 0.250. The molecule has 0 saturated heterocycles. The Labute approximate surface area is 133 Å². The summed E-state index contributed by atoms with van der Waals surface area (Å²) in [6.07, 6.45) is 1.56. The summed E-state index contributed by atoms with van der Waals surface area (Å²) in [6, 6.07) is 9.23. The van der Waals surface area contributed by atoms with Crippen molar-refractivity contribution in [2.75, 3.05) is 26.2 Å². The number of methoxy groups -OCH3 is 2. The molecule has 3 aromatic rings. The number of hydrogen-bond acceptors (Lipinski definition) is 7. The molecule has 7 heteroatoms. The lowest BCUT2D eigenvalue weighted by molar-refractivity contribution is 0.355. The summed E-state index contributed by atoms with van der Waals surface area (Å²) in [5.74, 6) is 2.76. The number of ether oxygens (including phenoxy) is 2. The smallest absolute Gasteiger partial charge is 0.283 e. The normalized spacial score (nSPS) is 10.6. The summed E-state index contributed by atoms with van der Waals surface area (Å²) < 4.78 is 21.4. The molecule has 3 rings (SSSR count). The van der Waals surface area contributed by atoms with Gasteiger partial charge in [-0.25, -0.2) is 0 Å². The highest BCUT2D eigenvalue weighted by molar-refractivity contribution is 5.56. The molecule has 0 N–H and O–H groups in total. The maximum atomic E-state index is 5.61. The molecule has 0 amide bonds. The van der Waals surface area contributed by atoms with E-state index in [1.54, 1.807) is 32.6 Å². The van der Waals surface area contributed by atoms with Crippen molar-refractivity contribution in [3.8, 4) is 23.1 Å². The van der Waals surface area contributed by atoms with Gasteiger partial charge in [0.25, 0.3) is 5.89 Å². The van der Waals surface area contributed by atoms with Gasteiger partial charge in [0, 0.05) is 18.8 Å². The third-order valence-electron chi connectivity index (χ3n) is 3.38. The Morgan fingerprint density at radius 1 is 1.09 bits per heavy atom. The molecule has 7 nitrogen and oxygen atoms in total. The van der Waals surface area contributed by atoms with Crippen LogP contribution in [0.3, 0.4) is 0 Å². The average Bonchev–Trinajstić information content (AvgIpc) is 3.25. The summed E-state index contributed by atoms with van der Waals surface area (Å²) in [7, 11) is 5.14. The Kier molecular flexibility index (Phi) is 4.18. The topological polar surface area (TPSA) is 73.8 Å². The van der Waals surface area contributed by atoms with Gasteiger partial charge in [-0.05, 0) is 24.3 Å². The van der Waals surface area contributed by atoms with Gasteiger partial charge in [0.05, 0.1) is 27.0 Å². The van der Waals surface area contributed by atoms with Gasteiger partial charge in [0.15, 0.2) is 17.3 Å². The summed E-state index contributed by atoms with van der Waals surface area (Å²) in [6.45, 7) is 0.461. The van der Waals surface area contributed by atoms with Crippen LogP contribution in [0.5, 0.6) is 11.5 Å². The molecule has 0 unspecified atom stereocenters. The van der Waals surface area contributed by atoms with E-state index in [0.29, 0.717) is 35.6 Å². The molecule has 2 aromatic heterocycles. The lowest BCUT2D eigenvalue weighted by Gasteiger charge is -2.18. The first-order chi connectivity index (χ1) is 11.2. The van der Waals surface area contributed by atoms with E-state index < -0.39 is 0 Å². The fourth-order valence-corrected chi connectivity index (χ4v) is 2.17. The van der Waals surface area contributed by atoms with Crippen molar-refractivity contribution >= 4 is 5.69 Å². The van der Waals surface area contributed by atoms with Gasteiger partial charge >= 0.3 is 0 Å². The lowest BCUT2D eigenvalue weighted by Crippen LogP contribution is -2.16. The second-order valence-corrected chi connectivity index (χ2v) is 4.87. The minimum absolute atomic E-state index is 0.366. The molecule has 0 saturated carbocycles. The van der Waals surface area contributed by atoms with Gasteiger partial charge in [-0.1, -0.05) is 0 Å². The summed E-state index contributed by atoms with van der Waals surface area (Å²) in [4.78, 5) is 1.97. The molecule has 0 aliphatic carbocycles. The van der Waals surface area contributed by atoms with E-state index in [-0.39, 0.29) is 0 Å². The highest BCUT2D eigenvalue weighted by atomic mass is 16.5. The molecule has 2 heterocycles. The first-order valence-corrected chi connectivity index (χ1v) is 7.00. The van der Waals surface area contributed by atoms with Gasteiger partial charge in [0.1, 0.15) is 0 Å². The average molecular weight is 315 g/mol. The molecular formula is C16H17N3O4. The minimum atomic E-state index is 0.366. The molecule has 120 valence electrons. The zero-order valence-electron chi connectivity index (χ0n) is 13.1. The molecule has 0 bridgehead atoms. The van der Waals surface area contributed by atoms with Crippen LogP contribution in [0.25, 0.3) is 11.7 Å². The first kappa shape index (κ1) is 15.0. The Morgan fingerprint density at radius 2 is 1.91 bits per heavy atom. The van der Waals surface area contributed by atoms with Crippen molar-refractivity contribution in [1.29, 1.82) is 0 Å². The van der Waals surface area contributed by atoms with E-state index in [0.717, 1.165) is 5.69 Å². The van der Waals surface area contributed by atoms with Crippen LogP contribution in [0.1, 0.15) is 5.89 Å². The molecule has 0 aliphatic heterocycles. The molecule has 0 atom stereocenters. The van der Waals surface area contributed by atoms with Crippen LogP contribution in [-0.4, -0.2) is 31.5 Å². The van der Waals surface area contributed by atoms with Gasteiger partial charge < -0.3 is 23.2 Å². The highest BCUT2D eigenvalue weighted by Gasteiger charge is 2.14. The van der Waals surface area contributed by atoms with Crippen molar-refractivity contribution in [3.05, 3.63) is 42.5 Å². The van der Waals surface area contributed by atoms with Crippen molar-refractivity contribution in [2.45, 2.75) is 6.54 Å². The van der Waals surface area contributed by atoms with E-state index in [2.05, 4.69) is 10.2 Å². The van der Waals surface area contributed by atoms with Crippen molar-refractivity contribution in [3.63, 3.8) is 0 Å². The van der Waals surface area contributed by atoms with Crippen molar-refractivity contribution in [2.24, 2.45) is 0 Å². The number of nitrogens with zero attached hydrogens (tertiary/aromatic N) is 3. The Hall–Kier alpha value is -2.96. The maximum absolute atomic E-state index is 5.61. The summed E-state index contributed by atoms with van der Waals surface area (Å²) in [5, 5.41) is 8.02. The van der Waals surface area contributed by atoms with Gasteiger partial charge in [-0.15, -0.1) is 10.2 Å². The van der Waals surface area contributed by atoms with Crippen LogP contribution in [0.15, 0.2) is 45.4 Å². The third-order valence-corrected chi connectivity index (χ3v) is 3.38. The lowest BCUT2D eigenvalue weighted by atomic mass is 10.2. The van der Waals surface area contributed by atoms with Crippen LogP contribution in [0, 0.1) is 0 Å². The number of hydrogen-bond donors (Lipinski definition) is 0. The number of anilines is 1. The van der Waals surface area contributed by atoms with E-state index >= 15 is 0 Å². The SMILES string of the molecule is COc1ccc(N(C)Cc2nnc(-c3ccco3)o2)cc1OC. The largest absolute Gasteiger partial charge is 0.493 e. The Balaban J connectivity index is 1.75. The second-order valence-electron chi connectivity index (χ2n) is 4.87. The number of aromatic nitrogens is 2. The van der Waals surface area contributed by atoms with E-state index in [9.17, 15) is 0 Å². The summed E-state index contributed by atoms with van der Waals surface area (Å²) in [5.41, 5.74) is 0.945. The van der Waals surface area contributed by atoms with E-state index in [1.165, 1.54) is 0 Å². The highest BCUT2D eigenvalue weighted by Crippen LogP contribution is 2.31. The van der Waals surface area contributed by atoms with Crippen molar-refractivity contribution in [1.82, 2.24) is 10.2 Å². The molecule has 1 aromatic carbocycles. The van der Waals surface area contributed by atoms with Crippen LogP contribution in [0.2, 0.25) is 0 Å². The molecule has 0 aliphatic rings. The number of furan rings is 1. The second kappa shape index (κ2) is 6.43. The quantitative estimate of drug-likeness (QED) is 0.692. The van der Waals surface area contributed by atoms with Gasteiger partial charge in [-0.3, -0.25) is 0 Å². The maximum Gasteiger partial charge on any atom is 0.283 e. The van der Waals surface area contributed by atoms with Crippen LogP contribution in [0.4, 0.5) is 5.69 Å². The third kappa shape index (κ3) is 3.13. The van der Waals surface area contributed by atoms with E-state index in [1.807, 2.05) is 30.1 Å². The minimum Gasteiger partial charge on any atom is -0.493 e. The Morgan fingerprint density at radius 3 is 2.61 bits per heavy atom. The van der Waals surface area contributed by atoms with Crippen LogP contribution >= 0.6 is 0 Å². The van der Waals surface area contributed by atoms with Gasteiger partial charge in [-0.2, -0.15) is 0 Å². The first-order valence-electron chi connectivity index (χ1n) is 7.00. The zero-order chi connectivity index (χ0) is 16.2. The number of rotatable bonds is 6. The molecule has 0 radical (unpaired) electrons. The van der Waals surface area contributed by atoms with Crippen molar-refractivity contribution < 1.29 is 18.3 Å². The fourth-order valence-electron chi connectivity index (χ4n) is 2.17. The number of benzene rings is 1. The zero-order valence-corrected chi connectivity index (χ0v) is 13.1. The monoisotopic (exact) mass is 315 g/mol. The van der Waals surface area contributed by atoms with Crippen LogP contribution in [-0.2, 0) is 6.54 Å².